The van der Waals surface area contributed by atoms with Crippen LogP contribution in [0.2, 0.25) is 0 Å². The van der Waals surface area contributed by atoms with Gasteiger partial charge in [-0.15, -0.1) is 0 Å². The molecule has 0 amide bonds. The molecule has 9 nitrogen and oxygen atoms in total. The summed E-state index contributed by atoms with van der Waals surface area (Å²) in [6, 6.07) is 4.05. The zero-order chi connectivity index (χ0) is 22.2. The highest BCUT2D eigenvalue weighted by atomic mass is 19.1. The number of piperidine rings is 1. The Morgan fingerprint density at radius 3 is 2.19 bits per heavy atom. The second-order valence-corrected chi connectivity index (χ2v) is 7.19. The Kier molecular flexibility index (Phi) is 8.05. The maximum atomic E-state index is 14.5. The highest BCUT2D eigenvalue weighted by molar-refractivity contribution is 5.41. The van der Waals surface area contributed by atoms with Crippen LogP contribution in [0.1, 0.15) is 32.3 Å². The standard InChI is InChI=1S/C21H31FN6O3/c1-5-30-16-11-14(12-17(18(16)22)31-6-2)13-28-9-7-15(8-10-28)24-20-25-19(23-3)26-21(27-20)29-4/h11-12,15H,5-10,13H2,1-4H3,(H2,23,24,25,26,27). The first-order chi connectivity index (χ1) is 15.1. The number of hydrogen-bond donors (Lipinski definition) is 2. The van der Waals surface area contributed by atoms with E-state index < -0.39 is 5.82 Å². The number of rotatable bonds is 10. The van der Waals surface area contributed by atoms with Crippen molar-refractivity contribution in [2.24, 2.45) is 0 Å². The van der Waals surface area contributed by atoms with Crippen LogP contribution >= 0.6 is 0 Å². The lowest BCUT2D eigenvalue weighted by Crippen LogP contribution is -2.39. The summed E-state index contributed by atoms with van der Waals surface area (Å²) >= 11 is 0. The van der Waals surface area contributed by atoms with Gasteiger partial charge in [0.2, 0.25) is 17.7 Å². The van der Waals surface area contributed by atoms with Gasteiger partial charge in [0, 0.05) is 32.7 Å². The minimum atomic E-state index is -0.441. The number of anilines is 2. The van der Waals surface area contributed by atoms with Gasteiger partial charge in [0.15, 0.2) is 11.5 Å². The lowest BCUT2D eigenvalue weighted by molar-refractivity contribution is 0.210. The number of likely N-dealkylation sites (tertiary alicyclic amines) is 1. The van der Waals surface area contributed by atoms with Gasteiger partial charge in [-0.3, -0.25) is 4.90 Å². The Morgan fingerprint density at radius 1 is 1.03 bits per heavy atom. The summed E-state index contributed by atoms with van der Waals surface area (Å²) in [6.45, 7) is 6.97. The molecule has 0 saturated carbocycles. The first-order valence-electron chi connectivity index (χ1n) is 10.6. The minimum absolute atomic E-state index is 0.240. The molecule has 0 unspecified atom stereocenters. The van der Waals surface area contributed by atoms with Gasteiger partial charge >= 0.3 is 6.01 Å². The van der Waals surface area contributed by atoms with E-state index in [1.54, 1.807) is 19.2 Å². The van der Waals surface area contributed by atoms with Crippen molar-refractivity contribution in [3.05, 3.63) is 23.5 Å². The average Bonchev–Trinajstić information content (AvgIpc) is 2.78. The number of halogens is 1. The van der Waals surface area contributed by atoms with E-state index in [9.17, 15) is 4.39 Å². The number of nitrogens with zero attached hydrogens (tertiary/aromatic N) is 4. The molecule has 0 bridgehead atoms. The van der Waals surface area contributed by atoms with Crippen molar-refractivity contribution in [2.75, 3.05) is 51.1 Å². The van der Waals surface area contributed by atoms with Crippen LogP contribution in [0.25, 0.3) is 0 Å². The highest BCUT2D eigenvalue weighted by Crippen LogP contribution is 2.30. The van der Waals surface area contributed by atoms with E-state index in [1.807, 2.05) is 13.8 Å². The number of hydrogen-bond acceptors (Lipinski definition) is 9. The van der Waals surface area contributed by atoms with Crippen LogP contribution in [0.15, 0.2) is 12.1 Å². The monoisotopic (exact) mass is 434 g/mol. The van der Waals surface area contributed by atoms with Crippen molar-refractivity contribution in [3.8, 4) is 17.5 Å². The summed E-state index contributed by atoms with van der Waals surface area (Å²) in [6.07, 6.45) is 1.86. The summed E-state index contributed by atoms with van der Waals surface area (Å²) < 4.78 is 30.5. The van der Waals surface area contributed by atoms with Crippen LogP contribution in [0.3, 0.4) is 0 Å². The fraction of sp³-hybridized carbons (Fsp3) is 0.571. The Bertz CT molecular complexity index is 812. The molecule has 1 saturated heterocycles. The third-order valence-corrected chi connectivity index (χ3v) is 5.01. The van der Waals surface area contributed by atoms with Gasteiger partial charge in [-0.1, -0.05) is 0 Å². The molecule has 1 aliphatic rings. The molecule has 0 aliphatic carbocycles. The van der Waals surface area contributed by atoms with E-state index in [-0.39, 0.29) is 23.6 Å². The number of aromatic nitrogens is 3. The molecule has 1 aromatic heterocycles. The van der Waals surface area contributed by atoms with Crippen LogP contribution in [-0.4, -0.2) is 66.4 Å². The Labute approximate surface area is 182 Å². The molecule has 0 spiro atoms. The van der Waals surface area contributed by atoms with Gasteiger partial charge in [-0.2, -0.15) is 19.3 Å². The minimum Gasteiger partial charge on any atom is -0.491 e. The smallest absolute Gasteiger partial charge is 0.322 e. The van der Waals surface area contributed by atoms with E-state index in [1.165, 1.54) is 7.11 Å². The largest absolute Gasteiger partial charge is 0.491 e. The first-order valence-corrected chi connectivity index (χ1v) is 10.6. The molecular formula is C21H31FN6O3. The number of ether oxygens (including phenoxy) is 3. The third kappa shape index (κ3) is 6.06. The normalized spacial score (nSPS) is 14.9. The van der Waals surface area contributed by atoms with Crippen molar-refractivity contribution in [2.45, 2.75) is 39.3 Å². The number of methoxy groups -OCH3 is 1. The Morgan fingerprint density at radius 2 is 1.65 bits per heavy atom. The summed E-state index contributed by atoms with van der Waals surface area (Å²) in [4.78, 5) is 15.1. The van der Waals surface area contributed by atoms with Gasteiger partial charge in [-0.25, -0.2) is 0 Å². The van der Waals surface area contributed by atoms with Crippen LogP contribution in [0.5, 0.6) is 17.5 Å². The second-order valence-electron chi connectivity index (χ2n) is 7.19. The molecule has 0 atom stereocenters. The molecular weight excluding hydrogens is 403 g/mol. The van der Waals surface area contributed by atoms with Gasteiger partial charge in [0.1, 0.15) is 0 Å². The SMILES string of the molecule is CCOc1cc(CN2CCC(Nc3nc(NC)nc(OC)n3)CC2)cc(OCC)c1F. The van der Waals surface area contributed by atoms with E-state index in [0.29, 0.717) is 31.7 Å². The fourth-order valence-corrected chi connectivity index (χ4v) is 3.54. The molecule has 1 aromatic carbocycles. The van der Waals surface area contributed by atoms with Gasteiger partial charge < -0.3 is 24.8 Å². The van der Waals surface area contributed by atoms with Crippen molar-refractivity contribution in [1.29, 1.82) is 0 Å². The van der Waals surface area contributed by atoms with Crippen LogP contribution in [0.4, 0.5) is 16.3 Å². The maximum Gasteiger partial charge on any atom is 0.322 e. The summed E-state index contributed by atoms with van der Waals surface area (Å²) in [5, 5.41) is 6.28. The lowest BCUT2D eigenvalue weighted by atomic mass is 10.0. The Hall–Kier alpha value is -2.88. The Balaban J connectivity index is 1.60. The molecule has 2 aromatic rings. The van der Waals surface area contributed by atoms with E-state index in [0.717, 1.165) is 31.5 Å². The van der Waals surface area contributed by atoms with E-state index in [2.05, 4.69) is 30.5 Å². The van der Waals surface area contributed by atoms with Crippen molar-refractivity contribution in [1.82, 2.24) is 19.9 Å². The molecule has 3 rings (SSSR count). The quantitative estimate of drug-likeness (QED) is 0.585. The maximum absolute atomic E-state index is 14.5. The molecule has 2 N–H and O–H groups in total. The molecule has 31 heavy (non-hydrogen) atoms. The average molecular weight is 435 g/mol. The van der Waals surface area contributed by atoms with Crippen LogP contribution < -0.4 is 24.8 Å². The second kappa shape index (κ2) is 10.9. The highest BCUT2D eigenvalue weighted by Gasteiger charge is 2.22. The van der Waals surface area contributed by atoms with Gasteiger partial charge in [-0.05, 0) is 44.4 Å². The summed E-state index contributed by atoms with van der Waals surface area (Å²) in [5.74, 6) is 0.992. The topological polar surface area (TPSA) is 93.7 Å². The van der Waals surface area contributed by atoms with Crippen LogP contribution in [-0.2, 0) is 6.54 Å². The van der Waals surface area contributed by atoms with Gasteiger partial charge in [0.25, 0.3) is 0 Å². The zero-order valence-electron chi connectivity index (χ0n) is 18.6. The predicted molar refractivity (Wildman–Crippen MR) is 117 cm³/mol. The van der Waals surface area contributed by atoms with E-state index in [4.69, 9.17) is 14.2 Å². The number of nitrogens with one attached hydrogen (secondary N) is 2. The fourth-order valence-electron chi connectivity index (χ4n) is 3.54. The predicted octanol–water partition coefficient (Wildman–Crippen LogP) is 2.93. The molecule has 1 fully saturated rings. The molecule has 10 heteroatoms. The van der Waals surface area contributed by atoms with Crippen molar-refractivity contribution in [3.63, 3.8) is 0 Å². The molecule has 2 heterocycles. The zero-order valence-corrected chi connectivity index (χ0v) is 18.6. The molecule has 0 radical (unpaired) electrons. The summed E-state index contributed by atoms with van der Waals surface area (Å²) in [5.41, 5.74) is 0.973. The molecule has 170 valence electrons. The van der Waals surface area contributed by atoms with Gasteiger partial charge in [0.05, 0.1) is 20.3 Å². The van der Waals surface area contributed by atoms with Crippen molar-refractivity contribution >= 4 is 11.9 Å². The first kappa shape index (κ1) is 22.8. The lowest BCUT2D eigenvalue weighted by Gasteiger charge is -2.32. The molecule has 1 aliphatic heterocycles. The van der Waals surface area contributed by atoms with Crippen LogP contribution in [0, 0.1) is 5.82 Å². The third-order valence-electron chi connectivity index (χ3n) is 5.01. The van der Waals surface area contributed by atoms with Crippen molar-refractivity contribution < 1.29 is 18.6 Å². The van der Waals surface area contributed by atoms with E-state index >= 15 is 0 Å². The number of benzene rings is 1. The summed E-state index contributed by atoms with van der Waals surface area (Å²) in [7, 11) is 3.28.